The van der Waals surface area contributed by atoms with Crippen molar-refractivity contribution in [3.8, 4) is 0 Å². The summed E-state index contributed by atoms with van der Waals surface area (Å²) >= 11 is 0. The molecule has 2 N–H and O–H groups in total. The minimum absolute atomic E-state index is 0.118. The Morgan fingerprint density at radius 1 is 1.21 bits per heavy atom. The van der Waals surface area contributed by atoms with Crippen molar-refractivity contribution in [1.29, 1.82) is 0 Å². The monoisotopic (exact) mass is 201 g/mol. The van der Waals surface area contributed by atoms with E-state index in [0.29, 0.717) is 6.61 Å². The average molecular weight is 201 g/mol. The van der Waals surface area contributed by atoms with E-state index in [4.69, 9.17) is 10.5 Å². The highest BCUT2D eigenvalue weighted by atomic mass is 19.3. The Balaban J connectivity index is 2.22. The number of alkyl halides is 2. The molecular formula is C10H13F2NO. The normalized spacial score (nSPS) is 13.1. The molecule has 0 heterocycles. The zero-order chi connectivity index (χ0) is 10.4. The van der Waals surface area contributed by atoms with Crippen molar-refractivity contribution in [2.75, 3.05) is 6.61 Å². The standard InChI is InChI=1S/C10H13F2NO/c11-10(12)9(13)7-14-6-8-4-2-1-3-5-8/h1-5,9-10H,6-7,13H2/t9-/m1/s1. The summed E-state index contributed by atoms with van der Waals surface area (Å²) in [6.45, 7) is 0.202. The van der Waals surface area contributed by atoms with Crippen molar-refractivity contribution in [2.45, 2.75) is 19.1 Å². The third kappa shape index (κ3) is 3.81. The lowest BCUT2D eigenvalue weighted by atomic mass is 10.2. The average Bonchev–Trinajstić information content (AvgIpc) is 2.19. The molecule has 0 saturated heterocycles. The molecule has 14 heavy (non-hydrogen) atoms. The fourth-order valence-electron chi connectivity index (χ4n) is 0.960. The molecule has 0 aliphatic heterocycles. The van der Waals surface area contributed by atoms with Crippen molar-refractivity contribution in [2.24, 2.45) is 5.73 Å². The SMILES string of the molecule is N[C@H](COCc1ccccc1)C(F)F. The predicted octanol–water partition coefficient (Wildman–Crippen LogP) is 1.80. The maximum atomic E-state index is 11.9. The fourth-order valence-corrected chi connectivity index (χ4v) is 0.960. The Kier molecular flexibility index (Phi) is 4.49. The second-order valence-electron chi connectivity index (χ2n) is 3.00. The molecule has 78 valence electrons. The van der Waals surface area contributed by atoms with Crippen LogP contribution >= 0.6 is 0 Å². The quantitative estimate of drug-likeness (QED) is 0.788. The summed E-state index contributed by atoms with van der Waals surface area (Å²) in [5, 5.41) is 0. The van der Waals surface area contributed by atoms with Crippen LogP contribution < -0.4 is 5.73 Å². The van der Waals surface area contributed by atoms with Crippen molar-refractivity contribution in [3.05, 3.63) is 35.9 Å². The van der Waals surface area contributed by atoms with E-state index in [-0.39, 0.29) is 6.61 Å². The number of hydrogen-bond donors (Lipinski definition) is 1. The fraction of sp³-hybridized carbons (Fsp3) is 0.400. The number of ether oxygens (including phenoxy) is 1. The van der Waals surface area contributed by atoms with Gasteiger partial charge in [-0.15, -0.1) is 0 Å². The first-order valence-electron chi connectivity index (χ1n) is 4.35. The zero-order valence-corrected chi connectivity index (χ0v) is 7.70. The molecule has 2 nitrogen and oxygen atoms in total. The summed E-state index contributed by atoms with van der Waals surface area (Å²) in [5.74, 6) is 0. The molecule has 0 amide bonds. The van der Waals surface area contributed by atoms with Crippen molar-refractivity contribution in [1.82, 2.24) is 0 Å². The van der Waals surface area contributed by atoms with Crippen LogP contribution in [0.1, 0.15) is 5.56 Å². The first kappa shape index (κ1) is 11.1. The van der Waals surface area contributed by atoms with E-state index in [0.717, 1.165) is 5.56 Å². The predicted molar refractivity (Wildman–Crippen MR) is 50.1 cm³/mol. The van der Waals surface area contributed by atoms with Crippen molar-refractivity contribution >= 4 is 0 Å². The Hall–Kier alpha value is -1.00. The Morgan fingerprint density at radius 2 is 1.86 bits per heavy atom. The van der Waals surface area contributed by atoms with E-state index in [1.807, 2.05) is 30.3 Å². The molecule has 1 aromatic carbocycles. The van der Waals surface area contributed by atoms with Gasteiger partial charge in [0, 0.05) is 0 Å². The number of nitrogens with two attached hydrogens (primary N) is 1. The summed E-state index contributed by atoms with van der Waals surface area (Å²) in [5.41, 5.74) is 6.06. The molecule has 0 bridgehead atoms. The van der Waals surface area contributed by atoms with Crippen LogP contribution in [0.2, 0.25) is 0 Å². The van der Waals surface area contributed by atoms with Gasteiger partial charge in [0.2, 0.25) is 0 Å². The molecule has 1 rings (SSSR count). The lowest BCUT2D eigenvalue weighted by Crippen LogP contribution is -2.33. The Labute approximate surface area is 81.7 Å². The number of halogens is 2. The maximum Gasteiger partial charge on any atom is 0.255 e. The highest BCUT2D eigenvalue weighted by molar-refractivity contribution is 5.13. The minimum atomic E-state index is -2.52. The Bertz CT molecular complexity index is 254. The van der Waals surface area contributed by atoms with Gasteiger partial charge in [-0.3, -0.25) is 0 Å². The minimum Gasteiger partial charge on any atom is -0.375 e. The van der Waals surface area contributed by atoms with Gasteiger partial charge in [-0.2, -0.15) is 0 Å². The van der Waals surface area contributed by atoms with Crippen LogP contribution in [0.3, 0.4) is 0 Å². The first-order chi connectivity index (χ1) is 6.70. The molecule has 1 aromatic rings. The second kappa shape index (κ2) is 5.67. The number of benzene rings is 1. The van der Waals surface area contributed by atoms with Crippen LogP contribution in [0.15, 0.2) is 30.3 Å². The lowest BCUT2D eigenvalue weighted by Gasteiger charge is -2.10. The van der Waals surface area contributed by atoms with E-state index in [2.05, 4.69) is 0 Å². The molecule has 0 aromatic heterocycles. The molecule has 4 heteroatoms. The molecule has 0 fully saturated rings. The molecular weight excluding hydrogens is 188 g/mol. The molecule has 1 atom stereocenters. The highest BCUT2D eigenvalue weighted by Crippen LogP contribution is 2.03. The van der Waals surface area contributed by atoms with Gasteiger partial charge in [0.05, 0.1) is 19.3 Å². The van der Waals surface area contributed by atoms with E-state index < -0.39 is 12.5 Å². The molecule has 0 aliphatic rings. The molecule has 0 radical (unpaired) electrons. The van der Waals surface area contributed by atoms with Crippen LogP contribution in [0.5, 0.6) is 0 Å². The van der Waals surface area contributed by atoms with Gasteiger partial charge in [0.1, 0.15) is 0 Å². The summed E-state index contributed by atoms with van der Waals surface area (Å²) in [6.07, 6.45) is -2.52. The van der Waals surface area contributed by atoms with Crippen LogP contribution in [0.25, 0.3) is 0 Å². The molecule has 0 spiro atoms. The summed E-state index contributed by atoms with van der Waals surface area (Å²) in [4.78, 5) is 0. The number of rotatable bonds is 5. The van der Waals surface area contributed by atoms with Gasteiger partial charge < -0.3 is 10.5 Å². The summed E-state index contributed by atoms with van der Waals surface area (Å²) < 4.78 is 28.9. The smallest absolute Gasteiger partial charge is 0.255 e. The largest absolute Gasteiger partial charge is 0.375 e. The third-order valence-electron chi connectivity index (χ3n) is 1.75. The van der Waals surface area contributed by atoms with Crippen LogP contribution in [-0.4, -0.2) is 19.1 Å². The van der Waals surface area contributed by atoms with Gasteiger partial charge in [0.25, 0.3) is 6.43 Å². The van der Waals surface area contributed by atoms with Crippen LogP contribution in [-0.2, 0) is 11.3 Å². The molecule has 0 saturated carbocycles. The van der Waals surface area contributed by atoms with Gasteiger partial charge in [-0.05, 0) is 5.56 Å². The topological polar surface area (TPSA) is 35.2 Å². The number of hydrogen-bond acceptors (Lipinski definition) is 2. The maximum absolute atomic E-state index is 11.9. The van der Waals surface area contributed by atoms with Crippen molar-refractivity contribution < 1.29 is 13.5 Å². The highest BCUT2D eigenvalue weighted by Gasteiger charge is 2.14. The van der Waals surface area contributed by atoms with E-state index >= 15 is 0 Å². The van der Waals surface area contributed by atoms with Gasteiger partial charge in [-0.1, -0.05) is 30.3 Å². The van der Waals surface area contributed by atoms with Crippen molar-refractivity contribution in [3.63, 3.8) is 0 Å². The van der Waals surface area contributed by atoms with E-state index in [9.17, 15) is 8.78 Å². The van der Waals surface area contributed by atoms with Gasteiger partial charge in [-0.25, -0.2) is 8.78 Å². The first-order valence-corrected chi connectivity index (χ1v) is 4.35. The zero-order valence-electron chi connectivity index (χ0n) is 7.70. The third-order valence-corrected chi connectivity index (χ3v) is 1.75. The van der Waals surface area contributed by atoms with E-state index in [1.54, 1.807) is 0 Å². The van der Waals surface area contributed by atoms with Gasteiger partial charge >= 0.3 is 0 Å². The van der Waals surface area contributed by atoms with Gasteiger partial charge in [0.15, 0.2) is 0 Å². The second-order valence-corrected chi connectivity index (χ2v) is 3.00. The van der Waals surface area contributed by atoms with Crippen LogP contribution in [0, 0.1) is 0 Å². The summed E-state index contributed by atoms with van der Waals surface area (Å²) in [6, 6.07) is 8.16. The molecule has 0 unspecified atom stereocenters. The van der Waals surface area contributed by atoms with E-state index in [1.165, 1.54) is 0 Å². The molecule has 0 aliphatic carbocycles. The Morgan fingerprint density at radius 3 is 2.43 bits per heavy atom. The summed E-state index contributed by atoms with van der Waals surface area (Å²) in [7, 11) is 0. The van der Waals surface area contributed by atoms with Crippen LogP contribution in [0.4, 0.5) is 8.78 Å². The lowest BCUT2D eigenvalue weighted by molar-refractivity contribution is 0.0397.